The molecule has 7 heteroatoms. The number of halogens is 1. The quantitative estimate of drug-likeness (QED) is 0.689. The molecule has 0 unspecified atom stereocenters. The maximum Gasteiger partial charge on any atom is 0.323 e. The van der Waals surface area contributed by atoms with Gasteiger partial charge in [-0.05, 0) is 41.7 Å². The summed E-state index contributed by atoms with van der Waals surface area (Å²) in [5.41, 5.74) is 1.86. The van der Waals surface area contributed by atoms with Crippen LogP contribution in [0.5, 0.6) is 0 Å². The second-order valence-electron chi connectivity index (χ2n) is 4.31. The van der Waals surface area contributed by atoms with E-state index in [-0.39, 0.29) is 17.4 Å². The van der Waals surface area contributed by atoms with Crippen molar-refractivity contribution in [3.63, 3.8) is 0 Å². The van der Waals surface area contributed by atoms with E-state index < -0.39 is 4.92 Å². The number of carbonyl (C=O) groups excluding carboxylic acids is 1. The number of benzene rings is 1. The first-order valence-electron chi connectivity index (χ1n) is 5.78. The number of anilines is 1. The number of nitrogens with one attached hydrogen (secondary N) is 1. The van der Waals surface area contributed by atoms with E-state index in [0.29, 0.717) is 5.69 Å². The third-order valence-corrected chi connectivity index (χ3v) is 3.82. The molecule has 1 aromatic heterocycles. The van der Waals surface area contributed by atoms with Crippen molar-refractivity contribution in [3.05, 3.63) is 56.2 Å². The van der Waals surface area contributed by atoms with Crippen molar-refractivity contribution in [1.29, 1.82) is 0 Å². The lowest BCUT2D eigenvalue weighted by Gasteiger charge is -2.06. The molecule has 1 aromatic carbocycles. The summed E-state index contributed by atoms with van der Waals surface area (Å²) in [6.07, 6.45) is 0. The number of amides is 1. The monoisotopic (exact) mass is 337 g/mol. The summed E-state index contributed by atoms with van der Waals surface area (Å²) >= 11 is 3.38. The van der Waals surface area contributed by atoms with Gasteiger partial charge in [-0.15, -0.1) is 0 Å². The molecule has 1 N–H and O–H groups in total. The Bertz CT molecular complexity index is 694. The second-order valence-corrected chi connectivity index (χ2v) is 5.17. The highest BCUT2D eigenvalue weighted by Gasteiger charge is 2.20. The zero-order valence-corrected chi connectivity index (χ0v) is 12.5. The second kappa shape index (κ2) is 5.46. The van der Waals surface area contributed by atoms with Gasteiger partial charge in [-0.2, -0.15) is 0 Å². The van der Waals surface area contributed by atoms with Crippen LogP contribution in [-0.2, 0) is 7.05 Å². The first-order chi connectivity index (χ1) is 9.40. The van der Waals surface area contributed by atoms with Crippen molar-refractivity contribution in [3.8, 4) is 0 Å². The lowest BCUT2D eigenvalue weighted by atomic mass is 10.2. The fourth-order valence-corrected chi connectivity index (χ4v) is 2.08. The highest BCUT2D eigenvalue weighted by atomic mass is 79.9. The predicted octanol–water partition coefficient (Wildman–Crippen LogP) is 3.26. The van der Waals surface area contributed by atoms with E-state index in [0.717, 1.165) is 10.0 Å². The summed E-state index contributed by atoms with van der Waals surface area (Å²) in [5, 5.41) is 13.5. The first kappa shape index (κ1) is 14.3. The Balaban J connectivity index is 2.24. The number of hydrogen-bond donors (Lipinski definition) is 1. The average Bonchev–Trinajstić information content (AvgIpc) is 2.76. The van der Waals surface area contributed by atoms with E-state index in [4.69, 9.17) is 0 Å². The van der Waals surface area contributed by atoms with Crippen molar-refractivity contribution in [2.24, 2.45) is 7.05 Å². The third-order valence-electron chi connectivity index (χ3n) is 2.93. The van der Waals surface area contributed by atoms with Gasteiger partial charge in [0.25, 0.3) is 5.91 Å². The lowest BCUT2D eigenvalue weighted by molar-refractivity contribution is -0.391. The zero-order chi connectivity index (χ0) is 14.9. The van der Waals surface area contributed by atoms with Gasteiger partial charge in [-0.1, -0.05) is 15.9 Å². The van der Waals surface area contributed by atoms with Crippen LogP contribution >= 0.6 is 15.9 Å². The van der Waals surface area contributed by atoms with Gasteiger partial charge in [0.1, 0.15) is 0 Å². The van der Waals surface area contributed by atoms with Crippen LogP contribution < -0.4 is 5.32 Å². The summed E-state index contributed by atoms with van der Waals surface area (Å²) in [4.78, 5) is 22.3. The fourth-order valence-electron chi connectivity index (χ4n) is 1.83. The van der Waals surface area contributed by atoms with E-state index in [1.807, 2.05) is 19.1 Å². The largest absolute Gasteiger partial charge is 0.358 e. The minimum Gasteiger partial charge on any atom is -0.358 e. The van der Waals surface area contributed by atoms with Gasteiger partial charge in [0.2, 0.25) is 0 Å². The minimum atomic E-state index is -0.527. The molecule has 0 aliphatic heterocycles. The maximum absolute atomic E-state index is 12.1. The summed E-state index contributed by atoms with van der Waals surface area (Å²) in [5.74, 6) is -0.510. The molecule has 104 valence electrons. The standard InChI is InChI=1S/C13H12BrN3O3/c1-8-7-9(3-4-10(8)14)15-13(18)11-5-6-12(16(11)2)17(19)20/h3-7H,1-2H3,(H,15,18). The summed E-state index contributed by atoms with van der Waals surface area (Å²) < 4.78 is 2.20. The van der Waals surface area contributed by atoms with E-state index in [1.165, 1.54) is 23.7 Å². The molecule has 0 bridgehead atoms. The van der Waals surface area contributed by atoms with Crippen molar-refractivity contribution >= 4 is 33.3 Å². The maximum atomic E-state index is 12.1. The Morgan fingerprint density at radius 3 is 2.60 bits per heavy atom. The molecule has 0 spiro atoms. The highest BCUT2D eigenvalue weighted by Crippen LogP contribution is 2.21. The molecule has 2 rings (SSSR count). The highest BCUT2D eigenvalue weighted by molar-refractivity contribution is 9.10. The molecule has 6 nitrogen and oxygen atoms in total. The average molecular weight is 338 g/mol. The third kappa shape index (κ3) is 2.72. The molecule has 0 atom stereocenters. The van der Waals surface area contributed by atoms with Crippen molar-refractivity contribution in [2.75, 3.05) is 5.32 Å². The summed E-state index contributed by atoms with van der Waals surface area (Å²) in [7, 11) is 1.49. The first-order valence-corrected chi connectivity index (χ1v) is 6.57. The topological polar surface area (TPSA) is 77.2 Å². The van der Waals surface area contributed by atoms with Crippen molar-refractivity contribution in [1.82, 2.24) is 4.57 Å². The summed E-state index contributed by atoms with van der Waals surface area (Å²) in [6.45, 7) is 1.91. The number of hydrogen-bond acceptors (Lipinski definition) is 3. The van der Waals surface area contributed by atoms with Crippen molar-refractivity contribution < 1.29 is 9.72 Å². The van der Waals surface area contributed by atoms with Gasteiger partial charge in [-0.25, -0.2) is 4.57 Å². The molecule has 20 heavy (non-hydrogen) atoms. The Kier molecular flexibility index (Phi) is 3.89. The predicted molar refractivity (Wildman–Crippen MR) is 78.9 cm³/mol. The smallest absolute Gasteiger partial charge is 0.323 e. The van der Waals surface area contributed by atoms with Gasteiger partial charge in [0.15, 0.2) is 5.69 Å². The van der Waals surface area contributed by atoms with Gasteiger partial charge in [0, 0.05) is 16.2 Å². The zero-order valence-electron chi connectivity index (χ0n) is 10.9. The van der Waals surface area contributed by atoms with Crippen LogP contribution in [0.1, 0.15) is 16.1 Å². The van der Waals surface area contributed by atoms with Gasteiger partial charge < -0.3 is 15.4 Å². The molecule has 0 aliphatic carbocycles. The van der Waals surface area contributed by atoms with Crippen LogP contribution in [0.2, 0.25) is 0 Å². The SMILES string of the molecule is Cc1cc(NC(=O)c2ccc([N+](=O)[O-])n2C)ccc1Br. The molecular weight excluding hydrogens is 326 g/mol. The summed E-state index contributed by atoms with van der Waals surface area (Å²) in [6, 6.07) is 8.14. The molecule has 0 saturated heterocycles. The normalized spacial score (nSPS) is 10.3. The van der Waals surface area contributed by atoms with E-state index in [9.17, 15) is 14.9 Å². The van der Waals surface area contributed by atoms with E-state index in [1.54, 1.807) is 6.07 Å². The Labute approximate surface area is 123 Å². The molecule has 0 saturated carbocycles. The number of carbonyl (C=O) groups is 1. The molecule has 1 amide bonds. The number of nitrogens with zero attached hydrogens (tertiary/aromatic N) is 2. The molecule has 2 aromatic rings. The Morgan fingerprint density at radius 1 is 1.35 bits per heavy atom. The van der Waals surface area contributed by atoms with E-state index >= 15 is 0 Å². The van der Waals surface area contributed by atoms with Gasteiger partial charge in [-0.3, -0.25) is 4.79 Å². The molecular formula is C13H12BrN3O3. The number of aromatic nitrogens is 1. The number of rotatable bonds is 3. The molecule has 0 radical (unpaired) electrons. The number of nitro groups is 1. The van der Waals surface area contributed by atoms with Crippen LogP contribution in [0.25, 0.3) is 0 Å². The Hall–Kier alpha value is -2.15. The van der Waals surface area contributed by atoms with Crippen LogP contribution in [0.15, 0.2) is 34.8 Å². The van der Waals surface area contributed by atoms with Crippen LogP contribution in [0.4, 0.5) is 11.5 Å². The Morgan fingerprint density at radius 2 is 2.05 bits per heavy atom. The lowest BCUT2D eigenvalue weighted by Crippen LogP contribution is -2.16. The molecule has 0 aliphatic rings. The fraction of sp³-hybridized carbons (Fsp3) is 0.154. The van der Waals surface area contributed by atoms with Gasteiger partial charge >= 0.3 is 5.82 Å². The van der Waals surface area contributed by atoms with Crippen LogP contribution in [0, 0.1) is 17.0 Å². The molecule has 0 fully saturated rings. The van der Waals surface area contributed by atoms with Crippen LogP contribution in [-0.4, -0.2) is 15.4 Å². The van der Waals surface area contributed by atoms with Gasteiger partial charge in [0.05, 0.1) is 7.05 Å². The number of aryl methyl sites for hydroxylation is 1. The minimum absolute atomic E-state index is 0.123. The molecule has 1 heterocycles. The van der Waals surface area contributed by atoms with Crippen LogP contribution in [0.3, 0.4) is 0 Å². The van der Waals surface area contributed by atoms with E-state index in [2.05, 4.69) is 21.2 Å². The van der Waals surface area contributed by atoms with Crippen molar-refractivity contribution in [2.45, 2.75) is 6.92 Å².